The number of nitrogens with one attached hydrogen (secondary N) is 2. The van der Waals surface area contributed by atoms with Gasteiger partial charge in [0.2, 0.25) is 0 Å². The first kappa shape index (κ1) is 17.4. The Morgan fingerprint density at radius 2 is 1.67 bits per heavy atom. The first-order chi connectivity index (χ1) is 14.8. The normalized spacial score (nSPS) is 17.6. The number of anilines is 3. The second-order valence-electron chi connectivity index (χ2n) is 7.81. The second kappa shape index (κ2) is 6.81. The minimum absolute atomic E-state index is 0.742. The van der Waals surface area contributed by atoms with Crippen molar-refractivity contribution in [2.75, 3.05) is 41.8 Å². The predicted molar refractivity (Wildman–Crippen MR) is 118 cm³/mol. The summed E-state index contributed by atoms with van der Waals surface area (Å²) in [6, 6.07) is 18.8. The summed E-state index contributed by atoms with van der Waals surface area (Å²) in [7, 11) is 0. The lowest BCUT2D eigenvalue weighted by atomic mass is 10.1. The number of benzene rings is 2. The summed E-state index contributed by atoms with van der Waals surface area (Å²) in [6.45, 7) is 6.09. The highest BCUT2D eigenvalue weighted by Crippen LogP contribution is 2.42. The standard InChI is InChI=1S/C23H24N6O/c1-16-18-15-28-20-10-6-5-9-19(20)24-22(27-11-13-30-14-12-27)23(28)25-21(18)29(26-16)17-7-3-2-4-8-17/h2-10,24-25H,11-15H2,1H3. The van der Waals surface area contributed by atoms with Gasteiger partial charge in [-0.1, -0.05) is 30.3 Å². The van der Waals surface area contributed by atoms with E-state index >= 15 is 0 Å². The molecule has 2 N–H and O–H groups in total. The number of hydrogen-bond donors (Lipinski definition) is 2. The Morgan fingerprint density at radius 3 is 2.50 bits per heavy atom. The molecule has 1 aromatic heterocycles. The van der Waals surface area contributed by atoms with Crippen LogP contribution in [-0.4, -0.2) is 41.0 Å². The van der Waals surface area contributed by atoms with Crippen LogP contribution in [0.25, 0.3) is 5.69 Å². The summed E-state index contributed by atoms with van der Waals surface area (Å²) in [5.41, 5.74) is 5.63. The predicted octanol–water partition coefficient (Wildman–Crippen LogP) is 3.50. The zero-order valence-corrected chi connectivity index (χ0v) is 16.9. The van der Waals surface area contributed by atoms with Gasteiger partial charge >= 0.3 is 0 Å². The van der Waals surface area contributed by atoms with Crippen LogP contribution in [0.2, 0.25) is 0 Å². The molecule has 0 aliphatic carbocycles. The number of rotatable bonds is 2. The number of aryl methyl sites for hydroxylation is 1. The Labute approximate surface area is 175 Å². The van der Waals surface area contributed by atoms with Gasteiger partial charge < -0.3 is 25.2 Å². The van der Waals surface area contributed by atoms with E-state index in [9.17, 15) is 0 Å². The summed E-state index contributed by atoms with van der Waals surface area (Å²) in [4.78, 5) is 4.73. The van der Waals surface area contributed by atoms with E-state index in [-0.39, 0.29) is 0 Å². The molecule has 0 amide bonds. The molecule has 0 radical (unpaired) electrons. The minimum atomic E-state index is 0.742. The molecule has 7 heteroatoms. The van der Waals surface area contributed by atoms with Gasteiger partial charge in [-0.05, 0) is 31.2 Å². The third-order valence-corrected chi connectivity index (χ3v) is 6.01. The molecule has 0 bridgehead atoms. The molecule has 30 heavy (non-hydrogen) atoms. The number of nitrogens with zero attached hydrogens (tertiary/aromatic N) is 4. The average molecular weight is 400 g/mol. The molecule has 152 valence electrons. The summed E-state index contributed by atoms with van der Waals surface area (Å²) in [5, 5.41) is 12.3. The van der Waals surface area contributed by atoms with Crippen LogP contribution in [-0.2, 0) is 11.3 Å². The molecule has 1 fully saturated rings. The Morgan fingerprint density at radius 1 is 0.900 bits per heavy atom. The maximum absolute atomic E-state index is 5.59. The van der Waals surface area contributed by atoms with Gasteiger partial charge in [0.25, 0.3) is 0 Å². The summed E-state index contributed by atoms with van der Waals surface area (Å²) in [5.74, 6) is 3.21. The third kappa shape index (κ3) is 2.66. The Kier molecular flexibility index (Phi) is 3.95. The molecular formula is C23H24N6O. The highest BCUT2D eigenvalue weighted by molar-refractivity contribution is 5.81. The summed E-state index contributed by atoms with van der Waals surface area (Å²) >= 11 is 0. The lowest BCUT2D eigenvalue weighted by Gasteiger charge is -2.43. The van der Waals surface area contributed by atoms with Gasteiger partial charge in [-0.3, -0.25) is 0 Å². The van der Waals surface area contributed by atoms with Gasteiger partial charge in [-0.25, -0.2) is 4.68 Å². The van der Waals surface area contributed by atoms with Crippen LogP contribution < -0.4 is 15.5 Å². The van der Waals surface area contributed by atoms with Crippen molar-refractivity contribution in [2.45, 2.75) is 13.5 Å². The van der Waals surface area contributed by atoms with Crippen LogP contribution in [0, 0.1) is 6.92 Å². The second-order valence-corrected chi connectivity index (χ2v) is 7.81. The van der Waals surface area contributed by atoms with Crippen molar-refractivity contribution in [1.82, 2.24) is 14.7 Å². The van der Waals surface area contributed by atoms with Crippen molar-refractivity contribution < 1.29 is 4.74 Å². The quantitative estimate of drug-likeness (QED) is 0.687. The van der Waals surface area contributed by atoms with Crippen LogP contribution >= 0.6 is 0 Å². The number of morpholine rings is 1. The molecule has 0 atom stereocenters. The van der Waals surface area contributed by atoms with Gasteiger partial charge in [0, 0.05) is 18.7 Å². The fourth-order valence-electron chi connectivity index (χ4n) is 4.46. The third-order valence-electron chi connectivity index (χ3n) is 6.01. The van der Waals surface area contributed by atoms with E-state index in [0.717, 1.165) is 67.4 Å². The van der Waals surface area contributed by atoms with Crippen molar-refractivity contribution in [1.29, 1.82) is 0 Å². The molecule has 0 unspecified atom stereocenters. The fourth-order valence-corrected chi connectivity index (χ4v) is 4.46. The average Bonchev–Trinajstić information content (AvgIpc) is 3.14. The lowest BCUT2D eigenvalue weighted by molar-refractivity contribution is 0.0536. The van der Waals surface area contributed by atoms with Crippen LogP contribution in [0.3, 0.4) is 0 Å². The summed E-state index contributed by atoms with van der Waals surface area (Å²) in [6.07, 6.45) is 0. The van der Waals surface area contributed by atoms with Gasteiger partial charge in [0.1, 0.15) is 11.6 Å². The number of aromatic nitrogens is 2. The highest BCUT2D eigenvalue weighted by Gasteiger charge is 2.35. The fraction of sp³-hybridized carbons (Fsp3) is 0.261. The van der Waals surface area contributed by atoms with E-state index in [2.05, 4.69) is 63.8 Å². The van der Waals surface area contributed by atoms with Gasteiger partial charge in [0.15, 0.2) is 5.82 Å². The number of hydrogen-bond acceptors (Lipinski definition) is 6. The van der Waals surface area contributed by atoms with Crippen LogP contribution in [0.4, 0.5) is 17.2 Å². The molecule has 0 saturated carbocycles. The molecule has 4 heterocycles. The van der Waals surface area contributed by atoms with Gasteiger partial charge in [-0.15, -0.1) is 0 Å². The van der Waals surface area contributed by atoms with Crippen molar-refractivity contribution >= 4 is 17.2 Å². The smallest absolute Gasteiger partial charge is 0.154 e. The van der Waals surface area contributed by atoms with Gasteiger partial charge in [-0.2, -0.15) is 5.10 Å². The Bertz CT molecular complexity index is 1130. The first-order valence-electron chi connectivity index (χ1n) is 10.4. The molecule has 2 aromatic carbocycles. The molecule has 3 aliphatic rings. The molecule has 3 aliphatic heterocycles. The SMILES string of the molecule is Cc1nn(-c2ccccc2)c2c1CN1C(=C(N3CCOCC3)Nc3ccccc31)N2. The van der Waals surface area contributed by atoms with E-state index in [1.807, 2.05) is 22.9 Å². The Balaban J connectivity index is 1.50. The summed E-state index contributed by atoms with van der Waals surface area (Å²) < 4.78 is 7.61. The van der Waals surface area contributed by atoms with Crippen molar-refractivity contribution in [2.24, 2.45) is 0 Å². The molecule has 7 nitrogen and oxygen atoms in total. The van der Waals surface area contributed by atoms with Crippen molar-refractivity contribution in [3.8, 4) is 5.69 Å². The number of fused-ring (bicyclic) bond motifs is 4. The first-order valence-corrected chi connectivity index (χ1v) is 10.4. The largest absolute Gasteiger partial charge is 0.378 e. The van der Waals surface area contributed by atoms with Gasteiger partial charge in [0.05, 0.1) is 42.5 Å². The highest BCUT2D eigenvalue weighted by atomic mass is 16.5. The number of ether oxygens (including phenoxy) is 1. The zero-order valence-electron chi connectivity index (χ0n) is 16.9. The zero-order chi connectivity index (χ0) is 20.1. The lowest BCUT2D eigenvalue weighted by Crippen LogP contribution is -2.45. The molecule has 6 rings (SSSR count). The maximum Gasteiger partial charge on any atom is 0.154 e. The Hall–Kier alpha value is -3.45. The topological polar surface area (TPSA) is 57.6 Å². The van der Waals surface area contributed by atoms with Crippen LogP contribution in [0.15, 0.2) is 66.2 Å². The van der Waals surface area contributed by atoms with E-state index in [0.29, 0.717) is 0 Å². The van der Waals surface area contributed by atoms with E-state index in [1.165, 1.54) is 11.3 Å². The monoisotopic (exact) mass is 400 g/mol. The van der Waals surface area contributed by atoms with Crippen LogP contribution in [0.1, 0.15) is 11.3 Å². The number of para-hydroxylation sites is 3. The maximum atomic E-state index is 5.59. The molecule has 0 spiro atoms. The van der Waals surface area contributed by atoms with E-state index < -0.39 is 0 Å². The van der Waals surface area contributed by atoms with Crippen molar-refractivity contribution in [3.05, 3.63) is 77.5 Å². The van der Waals surface area contributed by atoms with E-state index in [1.54, 1.807) is 0 Å². The van der Waals surface area contributed by atoms with Crippen LogP contribution in [0.5, 0.6) is 0 Å². The van der Waals surface area contributed by atoms with E-state index in [4.69, 9.17) is 9.84 Å². The molecule has 1 saturated heterocycles. The molecular weight excluding hydrogens is 376 g/mol. The molecule has 3 aromatic rings. The minimum Gasteiger partial charge on any atom is -0.378 e. The van der Waals surface area contributed by atoms with Crippen molar-refractivity contribution in [3.63, 3.8) is 0 Å².